The minimum Gasteiger partial charge on any atom is -0.467 e. The van der Waals surface area contributed by atoms with E-state index in [4.69, 9.17) is 9.47 Å². The van der Waals surface area contributed by atoms with Crippen molar-refractivity contribution in [2.75, 3.05) is 13.7 Å². The van der Waals surface area contributed by atoms with Gasteiger partial charge in [0.1, 0.15) is 12.6 Å². The highest BCUT2D eigenvalue weighted by atomic mass is 16.5. The number of nitrogens with one attached hydrogen (secondary N) is 2. The second-order valence-electron chi connectivity index (χ2n) is 12.4. The molecule has 260 valence electrons. The minimum atomic E-state index is -0.684. The first-order chi connectivity index (χ1) is 22.5. The standard InChI is InChI=1S/C39H64N2O5/c1-4-6-8-10-12-14-16-18-23-29-35(30-24-19-17-15-13-11-9-7-5-2)37(42)41-36(38(43)45-3)31-25-26-32-40-39(44)46-33-34-27-21-20-22-28-34/h4-5,20-22,27-28,35-36H,1-2,6-19,23-26,29-33H2,3H3,(H,40,44)(H,41,42)/t36-/m0/s1. The fraction of sp³-hybridized carbons (Fsp3) is 0.667. The van der Waals surface area contributed by atoms with Gasteiger partial charge < -0.3 is 20.1 Å². The van der Waals surface area contributed by atoms with Gasteiger partial charge in [0.05, 0.1) is 7.11 Å². The Kier molecular flexibility index (Phi) is 26.1. The zero-order valence-corrected chi connectivity index (χ0v) is 28.9. The number of benzene rings is 1. The van der Waals surface area contributed by atoms with Crippen molar-refractivity contribution in [3.63, 3.8) is 0 Å². The lowest BCUT2D eigenvalue weighted by Gasteiger charge is -2.22. The Morgan fingerprint density at radius 3 is 1.72 bits per heavy atom. The average Bonchev–Trinajstić information content (AvgIpc) is 3.07. The van der Waals surface area contributed by atoms with Gasteiger partial charge in [-0.2, -0.15) is 0 Å². The second kappa shape index (κ2) is 29.3. The van der Waals surface area contributed by atoms with E-state index in [-0.39, 0.29) is 18.4 Å². The summed E-state index contributed by atoms with van der Waals surface area (Å²) in [5.41, 5.74) is 0.928. The molecule has 0 aliphatic heterocycles. The predicted molar refractivity (Wildman–Crippen MR) is 189 cm³/mol. The fourth-order valence-corrected chi connectivity index (χ4v) is 5.65. The Bertz CT molecular complexity index is 910. The number of alkyl carbamates (subject to hydrolysis) is 1. The van der Waals surface area contributed by atoms with E-state index in [1.165, 1.54) is 71.3 Å². The van der Waals surface area contributed by atoms with E-state index in [1.54, 1.807) is 0 Å². The maximum Gasteiger partial charge on any atom is 0.407 e. The third-order valence-electron chi connectivity index (χ3n) is 8.50. The lowest BCUT2D eigenvalue weighted by Crippen LogP contribution is -2.44. The summed E-state index contributed by atoms with van der Waals surface area (Å²) in [4.78, 5) is 38.1. The Balaban J connectivity index is 2.48. The maximum atomic E-state index is 13.5. The van der Waals surface area contributed by atoms with Crippen molar-refractivity contribution in [3.05, 3.63) is 61.2 Å². The zero-order valence-electron chi connectivity index (χ0n) is 28.9. The summed E-state index contributed by atoms with van der Waals surface area (Å²) in [6.07, 6.45) is 25.9. The van der Waals surface area contributed by atoms with Crippen molar-refractivity contribution in [2.45, 2.75) is 147 Å². The third kappa shape index (κ3) is 22.4. The molecular weight excluding hydrogens is 576 g/mol. The van der Waals surface area contributed by atoms with E-state index >= 15 is 0 Å². The van der Waals surface area contributed by atoms with Crippen LogP contribution in [0.2, 0.25) is 0 Å². The van der Waals surface area contributed by atoms with Crippen LogP contribution in [0.1, 0.15) is 140 Å². The van der Waals surface area contributed by atoms with Gasteiger partial charge in [-0.3, -0.25) is 4.79 Å². The van der Waals surface area contributed by atoms with Crippen molar-refractivity contribution in [1.82, 2.24) is 10.6 Å². The number of rotatable bonds is 30. The molecule has 2 amide bonds. The quantitative estimate of drug-likeness (QED) is 0.0496. The number of hydrogen-bond acceptors (Lipinski definition) is 5. The molecule has 7 nitrogen and oxygen atoms in total. The minimum absolute atomic E-state index is 0.0353. The smallest absolute Gasteiger partial charge is 0.407 e. The molecule has 1 rings (SSSR count). The second-order valence-corrected chi connectivity index (χ2v) is 12.4. The van der Waals surface area contributed by atoms with Crippen LogP contribution in [0.5, 0.6) is 0 Å². The zero-order chi connectivity index (χ0) is 33.5. The summed E-state index contributed by atoms with van der Waals surface area (Å²) in [5.74, 6) is -0.546. The van der Waals surface area contributed by atoms with Crippen molar-refractivity contribution in [3.8, 4) is 0 Å². The van der Waals surface area contributed by atoms with Gasteiger partial charge in [0.2, 0.25) is 5.91 Å². The number of esters is 1. The molecule has 0 saturated heterocycles. The van der Waals surface area contributed by atoms with Crippen LogP contribution in [0.25, 0.3) is 0 Å². The van der Waals surface area contributed by atoms with E-state index in [0.29, 0.717) is 25.8 Å². The van der Waals surface area contributed by atoms with Crippen LogP contribution in [-0.2, 0) is 25.7 Å². The van der Waals surface area contributed by atoms with Gasteiger partial charge in [0, 0.05) is 12.5 Å². The third-order valence-corrected chi connectivity index (χ3v) is 8.50. The van der Waals surface area contributed by atoms with Gasteiger partial charge in [-0.05, 0) is 63.4 Å². The first kappa shape index (κ1) is 40.9. The van der Waals surface area contributed by atoms with Gasteiger partial charge in [-0.25, -0.2) is 9.59 Å². The molecule has 1 aromatic carbocycles. The molecule has 0 radical (unpaired) electrons. The van der Waals surface area contributed by atoms with Crippen LogP contribution in [0.15, 0.2) is 55.6 Å². The monoisotopic (exact) mass is 640 g/mol. The maximum absolute atomic E-state index is 13.5. The van der Waals surface area contributed by atoms with Crippen LogP contribution in [0, 0.1) is 5.92 Å². The molecule has 0 aliphatic carbocycles. The van der Waals surface area contributed by atoms with E-state index in [9.17, 15) is 14.4 Å². The molecule has 0 aliphatic rings. The highest BCUT2D eigenvalue weighted by Gasteiger charge is 2.25. The molecule has 0 bridgehead atoms. The molecule has 0 fully saturated rings. The highest BCUT2D eigenvalue weighted by Crippen LogP contribution is 2.21. The van der Waals surface area contributed by atoms with Crippen LogP contribution < -0.4 is 10.6 Å². The van der Waals surface area contributed by atoms with E-state index in [0.717, 1.165) is 56.9 Å². The Hall–Kier alpha value is -3.09. The molecule has 0 unspecified atom stereocenters. The van der Waals surface area contributed by atoms with Gasteiger partial charge in [0.25, 0.3) is 0 Å². The van der Waals surface area contributed by atoms with Crippen LogP contribution in [-0.4, -0.2) is 37.7 Å². The van der Waals surface area contributed by atoms with Crippen LogP contribution in [0.3, 0.4) is 0 Å². The van der Waals surface area contributed by atoms with Gasteiger partial charge in [-0.15, -0.1) is 13.2 Å². The number of ether oxygens (including phenoxy) is 2. The summed E-state index contributed by atoms with van der Waals surface area (Å²) in [7, 11) is 1.36. The Morgan fingerprint density at radius 2 is 1.20 bits per heavy atom. The Morgan fingerprint density at radius 1 is 0.696 bits per heavy atom. The van der Waals surface area contributed by atoms with Crippen molar-refractivity contribution < 1.29 is 23.9 Å². The van der Waals surface area contributed by atoms with E-state index in [2.05, 4.69) is 23.8 Å². The molecule has 1 aromatic rings. The molecule has 0 saturated carbocycles. The molecule has 0 spiro atoms. The highest BCUT2D eigenvalue weighted by molar-refractivity contribution is 5.85. The molecule has 0 aromatic heterocycles. The predicted octanol–water partition coefficient (Wildman–Crippen LogP) is 9.75. The lowest BCUT2D eigenvalue weighted by molar-refractivity contribution is -0.145. The van der Waals surface area contributed by atoms with Crippen LogP contribution >= 0.6 is 0 Å². The molecule has 46 heavy (non-hydrogen) atoms. The molecule has 7 heteroatoms. The average molecular weight is 641 g/mol. The van der Waals surface area contributed by atoms with Crippen molar-refractivity contribution in [2.24, 2.45) is 5.92 Å². The summed E-state index contributed by atoms with van der Waals surface area (Å²) in [6, 6.07) is 8.84. The number of carbonyl (C=O) groups excluding carboxylic acids is 3. The topological polar surface area (TPSA) is 93.7 Å². The van der Waals surface area contributed by atoms with E-state index < -0.39 is 18.1 Å². The van der Waals surface area contributed by atoms with Gasteiger partial charge in [0.15, 0.2) is 0 Å². The fourth-order valence-electron chi connectivity index (χ4n) is 5.65. The number of allylic oxidation sites excluding steroid dienone is 2. The Labute approximate surface area is 280 Å². The number of hydrogen-bond donors (Lipinski definition) is 2. The number of unbranched alkanes of at least 4 members (excludes halogenated alkanes) is 15. The normalized spacial score (nSPS) is 11.5. The number of carbonyl (C=O) groups is 3. The largest absolute Gasteiger partial charge is 0.467 e. The molecule has 1 atom stereocenters. The summed E-state index contributed by atoms with van der Waals surface area (Å²) in [6.45, 7) is 8.24. The molecular formula is C39H64N2O5. The first-order valence-electron chi connectivity index (χ1n) is 18.1. The molecule has 0 heterocycles. The first-order valence-corrected chi connectivity index (χ1v) is 18.1. The number of amides is 2. The van der Waals surface area contributed by atoms with Gasteiger partial charge >= 0.3 is 12.1 Å². The van der Waals surface area contributed by atoms with Crippen LogP contribution in [0.4, 0.5) is 4.79 Å². The molecule has 2 N–H and O–H groups in total. The number of methoxy groups -OCH3 is 1. The SMILES string of the molecule is C=CCCCCCCCCCC(CCCCCCCCCC=C)C(=O)N[C@@H](CCCCNC(=O)OCc1ccccc1)C(=O)OC. The van der Waals surface area contributed by atoms with Crippen molar-refractivity contribution >= 4 is 18.0 Å². The lowest BCUT2D eigenvalue weighted by atomic mass is 9.92. The summed E-state index contributed by atoms with van der Waals surface area (Å²) >= 11 is 0. The van der Waals surface area contributed by atoms with E-state index in [1.807, 2.05) is 42.5 Å². The summed E-state index contributed by atoms with van der Waals surface area (Å²) < 4.78 is 10.3. The van der Waals surface area contributed by atoms with Crippen molar-refractivity contribution in [1.29, 1.82) is 0 Å². The summed E-state index contributed by atoms with van der Waals surface area (Å²) in [5, 5.41) is 5.78. The van der Waals surface area contributed by atoms with Gasteiger partial charge in [-0.1, -0.05) is 120 Å².